The molecule has 1 aliphatic heterocycles. The average Bonchev–Trinajstić information content (AvgIpc) is 2.54. The van der Waals surface area contributed by atoms with Gasteiger partial charge in [-0.25, -0.2) is 9.97 Å². The van der Waals surface area contributed by atoms with Gasteiger partial charge in [-0.2, -0.15) is 5.26 Å². The summed E-state index contributed by atoms with van der Waals surface area (Å²) in [6.07, 6.45) is 2.45. The van der Waals surface area contributed by atoms with E-state index in [1.165, 1.54) is 0 Å². The second-order valence-electron chi connectivity index (χ2n) is 5.08. The number of hydrogen-bond donors (Lipinski definition) is 0. The predicted octanol–water partition coefficient (Wildman–Crippen LogP) is 1.92. The normalized spacial score (nSPS) is 14.3. The van der Waals surface area contributed by atoms with Gasteiger partial charge in [-0.15, -0.1) is 0 Å². The number of hydrogen-bond acceptors (Lipinski definition) is 5. The van der Waals surface area contributed by atoms with Crippen LogP contribution < -0.4 is 4.74 Å². The third-order valence-electron chi connectivity index (χ3n) is 3.70. The smallest absolute Gasteiger partial charge is 0.220 e. The van der Waals surface area contributed by atoms with Gasteiger partial charge in [0.25, 0.3) is 0 Å². The second-order valence-corrected chi connectivity index (χ2v) is 5.08. The Balaban J connectivity index is 1.78. The third kappa shape index (κ3) is 2.86. The van der Waals surface area contributed by atoms with Gasteiger partial charge in [-0.3, -0.25) is 4.90 Å². The van der Waals surface area contributed by atoms with E-state index in [1.54, 1.807) is 13.4 Å². The summed E-state index contributed by atoms with van der Waals surface area (Å²) in [5, 5.41) is 8.97. The van der Waals surface area contributed by atoms with E-state index in [9.17, 15) is 0 Å². The number of ether oxygens (including phenoxy) is 1. The van der Waals surface area contributed by atoms with Crippen LogP contribution in [0.3, 0.4) is 0 Å². The van der Waals surface area contributed by atoms with Crippen LogP contribution in [0.4, 0.5) is 0 Å². The minimum Gasteiger partial charge on any atom is -0.481 e. The van der Waals surface area contributed by atoms with Crippen molar-refractivity contribution in [3.05, 3.63) is 53.0 Å². The van der Waals surface area contributed by atoms with Crippen LogP contribution in [0.2, 0.25) is 0 Å². The highest BCUT2D eigenvalue weighted by atomic mass is 16.5. The van der Waals surface area contributed by atoms with Gasteiger partial charge in [-0.05, 0) is 17.7 Å². The molecular weight excluding hydrogens is 264 g/mol. The molecule has 0 amide bonds. The van der Waals surface area contributed by atoms with Crippen LogP contribution in [-0.4, -0.2) is 28.5 Å². The molecule has 2 aromatic rings. The Kier molecular flexibility index (Phi) is 3.80. The summed E-state index contributed by atoms with van der Waals surface area (Å²) < 4.78 is 5.33. The van der Waals surface area contributed by atoms with Gasteiger partial charge in [0, 0.05) is 31.6 Å². The van der Waals surface area contributed by atoms with Crippen LogP contribution >= 0.6 is 0 Å². The first kappa shape index (κ1) is 13.5. The van der Waals surface area contributed by atoms with E-state index in [4.69, 9.17) is 10.00 Å². The van der Waals surface area contributed by atoms with Crippen LogP contribution in [0.15, 0.2) is 30.6 Å². The SMILES string of the molecule is COc1ncnc2c1CN(Cc1cccc(C#N)c1)CC2. The molecular formula is C16H16N4O. The van der Waals surface area contributed by atoms with E-state index < -0.39 is 0 Å². The third-order valence-corrected chi connectivity index (χ3v) is 3.70. The first-order chi connectivity index (χ1) is 10.3. The Hall–Kier alpha value is -2.45. The topological polar surface area (TPSA) is 62.0 Å². The van der Waals surface area contributed by atoms with E-state index in [1.807, 2.05) is 18.2 Å². The molecule has 0 bridgehead atoms. The van der Waals surface area contributed by atoms with Gasteiger partial charge < -0.3 is 4.74 Å². The van der Waals surface area contributed by atoms with E-state index in [0.29, 0.717) is 11.4 Å². The van der Waals surface area contributed by atoms with Crippen molar-refractivity contribution in [3.63, 3.8) is 0 Å². The molecule has 0 N–H and O–H groups in total. The fourth-order valence-electron chi connectivity index (χ4n) is 2.68. The molecule has 3 rings (SSSR count). The molecule has 2 heterocycles. The Bertz CT molecular complexity index is 679. The summed E-state index contributed by atoms with van der Waals surface area (Å²) in [5.41, 5.74) is 3.99. The second kappa shape index (κ2) is 5.90. The molecule has 1 aliphatic rings. The molecule has 5 heteroatoms. The maximum atomic E-state index is 8.97. The van der Waals surface area contributed by atoms with Crippen LogP contribution in [-0.2, 0) is 19.5 Å². The van der Waals surface area contributed by atoms with Crippen LogP contribution in [0.1, 0.15) is 22.4 Å². The van der Waals surface area contributed by atoms with Crippen molar-refractivity contribution in [2.45, 2.75) is 19.5 Å². The largest absolute Gasteiger partial charge is 0.481 e. The highest BCUT2D eigenvalue weighted by molar-refractivity contribution is 5.34. The van der Waals surface area contributed by atoms with Crippen molar-refractivity contribution in [3.8, 4) is 11.9 Å². The van der Waals surface area contributed by atoms with Gasteiger partial charge in [0.05, 0.1) is 24.4 Å². The van der Waals surface area contributed by atoms with Crippen molar-refractivity contribution in [1.82, 2.24) is 14.9 Å². The molecule has 0 fully saturated rings. The Morgan fingerprint density at radius 1 is 1.38 bits per heavy atom. The maximum Gasteiger partial charge on any atom is 0.220 e. The lowest BCUT2D eigenvalue weighted by Crippen LogP contribution is -2.31. The number of methoxy groups -OCH3 is 1. The van der Waals surface area contributed by atoms with Crippen LogP contribution in [0, 0.1) is 11.3 Å². The standard InChI is InChI=1S/C16H16N4O/c1-21-16-14-10-20(6-5-15(14)18-11-19-16)9-13-4-2-3-12(7-13)8-17/h2-4,7,11H,5-6,9-10H2,1H3. The fraction of sp³-hybridized carbons (Fsp3) is 0.312. The lowest BCUT2D eigenvalue weighted by Gasteiger charge is -2.28. The molecule has 0 spiro atoms. The predicted molar refractivity (Wildman–Crippen MR) is 77.6 cm³/mol. The molecule has 21 heavy (non-hydrogen) atoms. The fourth-order valence-corrected chi connectivity index (χ4v) is 2.68. The number of rotatable bonds is 3. The monoisotopic (exact) mass is 280 g/mol. The zero-order chi connectivity index (χ0) is 14.7. The van der Waals surface area contributed by atoms with Crippen molar-refractivity contribution in [2.75, 3.05) is 13.7 Å². The molecule has 5 nitrogen and oxygen atoms in total. The van der Waals surface area contributed by atoms with E-state index in [-0.39, 0.29) is 0 Å². The minimum atomic E-state index is 0.662. The van der Waals surface area contributed by atoms with Gasteiger partial charge in [0.1, 0.15) is 6.33 Å². The van der Waals surface area contributed by atoms with Gasteiger partial charge in [0.2, 0.25) is 5.88 Å². The maximum absolute atomic E-state index is 8.97. The molecule has 0 aliphatic carbocycles. The summed E-state index contributed by atoms with van der Waals surface area (Å²) in [6, 6.07) is 9.92. The summed E-state index contributed by atoms with van der Waals surface area (Å²) >= 11 is 0. The van der Waals surface area contributed by atoms with E-state index in [0.717, 1.165) is 42.9 Å². The summed E-state index contributed by atoms with van der Waals surface area (Å²) in [4.78, 5) is 10.8. The highest BCUT2D eigenvalue weighted by Gasteiger charge is 2.21. The molecule has 106 valence electrons. The number of nitrogens with zero attached hydrogens (tertiary/aromatic N) is 4. The number of nitriles is 1. The lowest BCUT2D eigenvalue weighted by molar-refractivity contribution is 0.236. The average molecular weight is 280 g/mol. The lowest BCUT2D eigenvalue weighted by atomic mass is 10.1. The molecule has 0 atom stereocenters. The molecule has 0 unspecified atom stereocenters. The Morgan fingerprint density at radius 2 is 2.29 bits per heavy atom. The summed E-state index contributed by atoms with van der Waals surface area (Å²) in [6.45, 7) is 2.53. The first-order valence-corrected chi connectivity index (χ1v) is 6.88. The van der Waals surface area contributed by atoms with Gasteiger partial charge in [-0.1, -0.05) is 12.1 Å². The molecule has 1 aromatic heterocycles. The zero-order valence-electron chi connectivity index (χ0n) is 11.9. The van der Waals surface area contributed by atoms with Crippen LogP contribution in [0.5, 0.6) is 5.88 Å². The first-order valence-electron chi connectivity index (χ1n) is 6.88. The van der Waals surface area contributed by atoms with Crippen LogP contribution in [0.25, 0.3) is 0 Å². The molecule has 0 saturated carbocycles. The van der Waals surface area contributed by atoms with E-state index in [2.05, 4.69) is 27.0 Å². The van der Waals surface area contributed by atoms with Crippen molar-refractivity contribution in [1.29, 1.82) is 5.26 Å². The van der Waals surface area contributed by atoms with Crippen molar-refractivity contribution in [2.24, 2.45) is 0 Å². The zero-order valence-corrected chi connectivity index (χ0v) is 11.9. The van der Waals surface area contributed by atoms with Gasteiger partial charge in [0.15, 0.2) is 0 Å². The van der Waals surface area contributed by atoms with E-state index >= 15 is 0 Å². The van der Waals surface area contributed by atoms with Crippen molar-refractivity contribution >= 4 is 0 Å². The highest BCUT2D eigenvalue weighted by Crippen LogP contribution is 2.25. The number of fused-ring (bicyclic) bond motifs is 1. The summed E-state index contributed by atoms with van der Waals surface area (Å²) in [7, 11) is 1.64. The molecule has 0 radical (unpaired) electrons. The quantitative estimate of drug-likeness (QED) is 0.859. The summed E-state index contributed by atoms with van der Waals surface area (Å²) in [5.74, 6) is 0.662. The minimum absolute atomic E-state index is 0.662. The van der Waals surface area contributed by atoms with Gasteiger partial charge >= 0.3 is 0 Å². The number of aromatic nitrogens is 2. The molecule has 0 saturated heterocycles. The Morgan fingerprint density at radius 3 is 3.10 bits per heavy atom. The molecule has 1 aromatic carbocycles. The number of benzene rings is 1. The van der Waals surface area contributed by atoms with Crippen molar-refractivity contribution < 1.29 is 4.74 Å². The Labute approximate surface area is 123 Å².